The number of hydrogen-bond donors (Lipinski definition) is 2. The molecule has 4 rings (SSSR count). The van der Waals surface area contributed by atoms with E-state index < -0.39 is 24.9 Å². The minimum atomic E-state index is -2.80. The van der Waals surface area contributed by atoms with Gasteiger partial charge in [0, 0.05) is 22.9 Å². The van der Waals surface area contributed by atoms with Crippen molar-refractivity contribution in [2.45, 2.75) is 5.92 Å². The van der Waals surface area contributed by atoms with Crippen molar-refractivity contribution in [2.24, 2.45) is 0 Å². The highest BCUT2D eigenvalue weighted by atomic mass is 35.5. The van der Waals surface area contributed by atoms with Gasteiger partial charge in [-0.1, -0.05) is 23.7 Å². The normalized spacial score (nSPS) is 14.4. The van der Waals surface area contributed by atoms with Crippen molar-refractivity contribution < 1.29 is 23.1 Å². The number of nitrogens with two attached hydrogens (primary N) is 1. The zero-order chi connectivity index (χ0) is 25.7. The Morgan fingerprint density at radius 2 is 1.86 bits per heavy atom. The first-order chi connectivity index (χ1) is 17.2. The van der Waals surface area contributed by atoms with Gasteiger partial charge in [-0.3, -0.25) is 9.59 Å². The van der Waals surface area contributed by atoms with Gasteiger partial charge < -0.3 is 20.7 Å². The van der Waals surface area contributed by atoms with E-state index in [9.17, 15) is 18.4 Å². The quantitative estimate of drug-likeness (QED) is 0.347. The summed E-state index contributed by atoms with van der Waals surface area (Å²) in [6.45, 7) is -0.618. The number of pyridine rings is 1. The van der Waals surface area contributed by atoms with Gasteiger partial charge in [0.2, 0.25) is 5.91 Å². The van der Waals surface area contributed by atoms with E-state index in [1.54, 1.807) is 66.9 Å². The van der Waals surface area contributed by atoms with E-state index in [-0.39, 0.29) is 19.1 Å². The molecule has 0 unspecified atom stereocenters. The Morgan fingerprint density at radius 1 is 1.11 bits per heavy atom. The van der Waals surface area contributed by atoms with Gasteiger partial charge in [0.15, 0.2) is 0 Å². The van der Waals surface area contributed by atoms with E-state index in [4.69, 9.17) is 22.1 Å². The lowest BCUT2D eigenvalue weighted by atomic mass is 10.0. The highest BCUT2D eigenvalue weighted by Gasteiger charge is 2.46. The van der Waals surface area contributed by atoms with Gasteiger partial charge in [-0.05, 0) is 65.2 Å². The highest BCUT2D eigenvalue weighted by molar-refractivity contribution is 6.31. The SMILES string of the molecule is Nc1ccc(C=CC(=O)NCCOc2cc(Cl)cc(-c3ccc(C(=O)N4CC(F)(F)C4)cc3)c2)cn1. The molecule has 1 aliphatic rings. The Hall–Kier alpha value is -3.98. The third-order valence-electron chi connectivity index (χ3n) is 5.37. The lowest BCUT2D eigenvalue weighted by molar-refractivity contribution is -0.116. The molecule has 2 amide bonds. The largest absolute Gasteiger partial charge is 0.492 e. The second kappa shape index (κ2) is 10.7. The first-order valence-electron chi connectivity index (χ1n) is 11.1. The zero-order valence-corrected chi connectivity index (χ0v) is 19.8. The van der Waals surface area contributed by atoms with E-state index in [2.05, 4.69) is 10.3 Å². The minimum absolute atomic E-state index is 0.219. The fourth-order valence-electron chi connectivity index (χ4n) is 3.55. The van der Waals surface area contributed by atoms with Crippen LogP contribution in [0.4, 0.5) is 14.6 Å². The Morgan fingerprint density at radius 3 is 2.53 bits per heavy atom. The van der Waals surface area contributed by atoms with Crippen LogP contribution in [0.3, 0.4) is 0 Å². The molecule has 0 saturated carbocycles. The van der Waals surface area contributed by atoms with Crippen molar-refractivity contribution in [3.05, 3.63) is 83.0 Å². The number of alkyl halides is 2. The van der Waals surface area contributed by atoms with Crippen molar-refractivity contribution >= 4 is 35.3 Å². The molecule has 186 valence electrons. The van der Waals surface area contributed by atoms with Gasteiger partial charge >= 0.3 is 0 Å². The molecular formula is C26H23ClF2N4O3. The number of benzene rings is 2. The number of amides is 2. The molecule has 1 aromatic heterocycles. The van der Waals surface area contributed by atoms with Gasteiger partial charge in [-0.2, -0.15) is 0 Å². The standard InChI is InChI=1S/C26H23ClF2N4O3/c27-21-11-20(18-3-5-19(6-4-18)25(35)33-15-26(28,29)16-33)12-22(13-21)36-10-9-31-24(34)8-2-17-1-7-23(30)32-14-17/h1-8,11-14H,9-10,15-16H2,(H2,30,32)(H,31,34). The molecule has 0 spiro atoms. The van der Waals surface area contributed by atoms with Crippen LogP contribution in [0.15, 0.2) is 66.9 Å². The molecule has 0 bridgehead atoms. The van der Waals surface area contributed by atoms with Crippen molar-refractivity contribution in [1.82, 2.24) is 15.2 Å². The van der Waals surface area contributed by atoms with Crippen LogP contribution in [-0.4, -0.2) is 53.9 Å². The van der Waals surface area contributed by atoms with Crippen LogP contribution in [0.25, 0.3) is 17.2 Å². The predicted octanol–water partition coefficient (Wildman–Crippen LogP) is 4.28. The second-order valence-electron chi connectivity index (χ2n) is 8.26. The summed E-state index contributed by atoms with van der Waals surface area (Å²) in [6.07, 6.45) is 4.59. The van der Waals surface area contributed by atoms with E-state index in [0.717, 1.165) is 21.6 Å². The summed E-state index contributed by atoms with van der Waals surface area (Å²) in [5, 5.41) is 3.18. The van der Waals surface area contributed by atoms with Crippen LogP contribution >= 0.6 is 11.6 Å². The molecule has 3 aromatic rings. The molecule has 0 atom stereocenters. The minimum Gasteiger partial charge on any atom is -0.492 e. The molecular weight excluding hydrogens is 490 g/mol. The van der Waals surface area contributed by atoms with E-state index >= 15 is 0 Å². The lowest BCUT2D eigenvalue weighted by Crippen LogP contribution is -2.58. The second-order valence-corrected chi connectivity index (χ2v) is 8.70. The number of carbonyl (C=O) groups excluding carboxylic acids is 2. The maximum absolute atomic E-state index is 13.0. The van der Waals surface area contributed by atoms with E-state index in [1.807, 2.05) is 0 Å². The van der Waals surface area contributed by atoms with Crippen LogP contribution in [0.2, 0.25) is 5.02 Å². The Balaban J connectivity index is 1.29. The number of carbonyl (C=O) groups is 2. The molecule has 3 N–H and O–H groups in total. The average molecular weight is 513 g/mol. The third-order valence-corrected chi connectivity index (χ3v) is 5.59. The molecule has 36 heavy (non-hydrogen) atoms. The molecule has 2 aromatic carbocycles. The summed E-state index contributed by atoms with van der Waals surface area (Å²) in [5.74, 6) is -2.59. The molecule has 1 aliphatic heterocycles. The number of rotatable bonds is 8. The maximum Gasteiger partial charge on any atom is 0.282 e. The Kier molecular flexibility index (Phi) is 7.49. The smallest absolute Gasteiger partial charge is 0.282 e. The van der Waals surface area contributed by atoms with Gasteiger partial charge in [0.05, 0.1) is 19.6 Å². The first kappa shape index (κ1) is 25.1. The lowest BCUT2D eigenvalue weighted by Gasteiger charge is -2.38. The molecule has 1 saturated heterocycles. The van der Waals surface area contributed by atoms with Crippen molar-refractivity contribution in [1.29, 1.82) is 0 Å². The number of aromatic nitrogens is 1. The van der Waals surface area contributed by atoms with Gasteiger partial charge in [0.25, 0.3) is 11.8 Å². The summed E-state index contributed by atoms with van der Waals surface area (Å²) >= 11 is 6.25. The average Bonchev–Trinajstić information content (AvgIpc) is 2.84. The number of likely N-dealkylation sites (tertiary alicyclic amines) is 1. The number of nitrogen functional groups attached to an aromatic ring is 1. The number of nitrogens with one attached hydrogen (secondary N) is 1. The molecule has 2 heterocycles. The van der Waals surface area contributed by atoms with Crippen LogP contribution in [0.1, 0.15) is 15.9 Å². The topological polar surface area (TPSA) is 97.6 Å². The molecule has 7 nitrogen and oxygen atoms in total. The highest BCUT2D eigenvalue weighted by Crippen LogP contribution is 2.31. The summed E-state index contributed by atoms with van der Waals surface area (Å²) in [5.41, 5.74) is 8.16. The molecule has 0 aliphatic carbocycles. The fraction of sp³-hybridized carbons (Fsp3) is 0.192. The Bertz CT molecular complexity index is 1270. The molecule has 0 radical (unpaired) electrons. The number of anilines is 1. The number of hydrogen-bond acceptors (Lipinski definition) is 5. The summed E-state index contributed by atoms with van der Waals surface area (Å²) < 4.78 is 31.8. The first-order valence-corrected chi connectivity index (χ1v) is 11.4. The zero-order valence-electron chi connectivity index (χ0n) is 19.1. The van der Waals surface area contributed by atoms with Crippen molar-refractivity contribution in [2.75, 3.05) is 32.0 Å². The number of halogens is 3. The van der Waals surface area contributed by atoms with Crippen molar-refractivity contribution in [3.63, 3.8) is 0 Å². The molecule has 1 fully saturated rings. The van der Waals surface area contributed by atoms with Gasteiger partial charge in [0.1, 0.15) is 18.2 Å². The summed E-state index contributed by atoms with van der Waals surface area (Å²) in [6, 6.07) is 15.2. The van der Waals surface area contributed by atoms with E-state index in [1.165, 1.54) is 6.08 Å². The van der Waals surface area contributed by atoms with Crippen LogP contribution in [0.5, 0.6) is 5.75 Å². The predicted molar refractivity (Wildman–Crippen MR) is 134 cm³/mol. The monoisotopic (exact) mass is 512 g/mol. The molecule has 10 heteroatoms. The third kappa shape index (κ3) is 6.57. The number of nitrogens with zero attached hydrogens (tertiary/aromatic N) is 2. The van der Waals surface area contributed by atoms with Gasteiger partial charge in [-0.25, -0.2) is 13.8 Å². The fourth-order valence-corrected chi connectivity index (χ4v) is 3.77. The van der Waals surface area contributed by atoms with Gasteiger partial charge in [-0.15, -0.1) is 0 Å². The van der Waals surface area contributed by atoms with E-state index in [0.29, 0.717) is 22.2 Å². The summed E-state index contributed by atoms with van der Waals surface area (Å²) in [7, 11) is 0. The van der Waals surface area contributed by atoms with Crippen LogP contribution in [0, 0.1) is 0 Å². The van der Waals surface area contributed by atoms with Crippen molar-refractivity contribution in [3.8, 4) is 16.9 Å². The Labute approximate surface area is 211 Å². The number of ether oxygens (including phenoxy) is 1. The maximum atomic E-state index is 13.0. The van der Waals surface area contributed by atoms with Crippen LogP contribution < -0.4 is 15.8 Å². The van der Waals surface area contributed by atoms with Crippen LogP contribution in [-0.2, 0) is 4.79 Å². The summed E-state index contributed by atoms with van der Waals surface area (Å²) in [4.78, 5) is 29.3.